The normalized spacial score (nSPS) is 16.0. The van der Waals surface area contributed by atoms with E-state index >= 15 is 0 Å². The minimum absolute atomic E-state index is 0.170. The predicted octanol–water partition coefficient (Wildman–Crippen LogP) is 5.61. The molecule has 2 aromatic carbocycles. The highest BCUT2D eigenvalue weighted by molar-refractivity contribution is 5.97. The molecule has 2 aromatic heterocycles. The second kappa shape index (κ2) is 8.31. The van der Waals surface area contributed by atoms with Crippen molar-refractivity contribution in [2.24, 2.45) is 0 Å². The molecule has 1 saturated heterocycles. The van der Waals surface area contributed by atoms with Gasteiger partial charge in [0.1, 0.15) is 11.8 Å². The molecule has 2 aliphatic rings. The van der Waals surface area contributed by atoms with Gasteiger partial charge in [0.25, 0.3) is 0 Å². The van der Waals surface area contributed by atoms with E-state index < -0.39 is 0 Å². The first-order valence-corrected chi connectivity index (χ1v) is 11.7. The number of carbonyl (C=O) groups is 1. The van der Waals surface area contributed by atoms with Gasteiger partial charge in [-0.25, -0.2) is 9.97 Å². The van der Waals surface area contributed by atoms with Crippen molar-refractivity contribution in [3.05, 3.63) is 66.5 Å². The average Bonchev–Trinajstić information content (AvgIpc) is 3.40. The van der Waals surface area contributed by atoms with Crippen molar-refractivity contribution in [2.45, 2.75) is 38.1 Å². The number of amides is 1. The van der Waals surface area contributed by atoms with E-state index in [0.29, 0.717) is 23.8 Å². The van der Waals surface area contributed by atoms with E-state index in [1.807, 2.05) is 47.4 Å². The number of benzene rings is 2. The highest BCUT2D eigenvalue weighted by atomic mass is 16.5. The summed E-state index contributed by atoms with van der Waals surface area (Å²) in [4.78, 5) is 22.3. The molecule has 168 valence electrons. The monoisotopic (exact) mass is 449 g/mol. The first kappa shape index (κ1) is 20.4. The number of carbonyl (C=O) groups excluding carboxylic acids is 1. The molecule has 0 spiro atoms. The van der Waals surface area contributed by atoms with Gasteiger partial charge in [0.05, 0.1) is 16.8 Å². The first-order chi connectivity index (χ1) is 16.7. The Morgan fingerprint density at radius 3 is 2.47 bits per heavy atom. The lowest BCUT2D eigenvalue weighted by Gasteiger charge is -2.30. The zero-order valence-corrected chi connectivity index (χ0v) is 18.6. The second-order valence-corrected chi connectivity index (χ2v) is 8.80. The summed E-state index contributed by atoms with van der Waals surface area (Å²) in [6, 6.07) is 18.6. The molecule has 7 heteroatoms. The topological polar surface area (TPSA) is 84.0 Å². The van der Waals surface area contributed by atoms with E-state index in [1.165, 1.54) is 6.42 Å². The maximum Gasteiger partial charge on any atom is 0.321 e. The van der Waals surface area contributed by atoms with Gasteiger partial charge in [0.15, 0.2) is 0 Å². The van der Waals surface area contributed by atoms with E-state index in [0.717, 1.165) is 53.7 Å². The molecule has 1 aliphatic heterocycles. The van der Waals surface area contributed by atoms with Crippen LogP contribution in [0.1, 0.15) is 43.7 Å². The molecular formula is C27H23N5O2. The molecule has 0 N–H and O–H groups in total. The number of hydrogen-bond donors (Lipinski definition) is 0. The van der Waals surface area contributed by atoms with Gasteiger partial charge in [0, 0.05) is 48.5 Å². The molecule has 4 aromatic rings. The van der Waals surface area contributed by atoms with E-state index in [-0.39, 0.29) is 11.9 Å². The molecule has 3 heterocycles. The van der Waals surface area contributed by atoms with Gasteiger partial charge in [-0.15, -0.1) is 0 Å². The average molecular weight is 450 g/mol. The van der Waals surface area contributed by atoms with Gasteiger partial charge >= 0.3 is 6.01 Å². The van der Waals surface area contributed by atoms with Crippen LogP contribution in [0.5, 0.6) is 11.8 Å². The van der Waals surface area contributed by atoms with Crippen LogP contribution in [0.15, 0.2) is 60.9 Å². The van der Waals surface area contributed by atoms with Crippen LogP contribution in [-0.4, -0.2) is 27.0 Å². The SMILES string of the molecule is N#Cc1c(-c2ccc(N3CCCC3=O)cc2)n(C2CCC2)c2cc(Oc3ncccn3)ccc12. The molecule has 1 amide bonds. The van der Waals surface area contributed by atoms with Crippen molar-refractivity contribution < 1.29 is 9.53 Å². The fourth-order valence-corrected chi connectivity index (χ4v) is 4.94. The Morgan fingerprint density at radius 1 is 1.03 bits per heavy atom. The third-order valence-corrected chi connectivity index (χ3v) is 6.80. The third-order valence-electron chi connectivity index (χ3n) is 6.80. The molecule has 1 saturated carbocycles. The number of ether oxygens (including phenoxy) is 1. The summed E-state index contributed by atoms with van der Waals surface area (Å²) in [7, 11) is 0. The van der Waals surface area contributed by atoms with E-state index in [1.54, 1.807) is 18.5 Å². The molecule has 0 bridgehead atoms. The predicted molar refractivity (Wildman–Crippen MR) is 129 cm³/mol. The van der Waals surface area contributed by atoms with Crippen LogP contribution in [-0.2, 0) is 4.79 Å². The highest BCUT2D eigenvalue weighted by Gasteiger charge is 2.28. The second-order valence-electron chi connectivity index (χ2n) is 8.80. The molecule has 2 fully saturated rings. The van der Waals surface area contributed by atoms with Crippen LogP contribution in [0.4, 0.5) is 5.69 Å². The van der Waals surface area contributed by atoms with E-state index in [9.17, 15) is 10.1 Å². The number of hydrogen-bond acceptors (Lipinski definition) is 5. The lowest BCUT2D eigenvalue weighted by atomic mass is 9.92. The van der Waals surface area contributed by atoms with Crippen LogP contribution < -0.4 is 9.64 Å². The number of anilines is 1. The lowest BCUT2D eigenvalue weighted by Crippen LogP contribution is -2.23. The summed E-state index contributed by atoms with van der Waals surface area (Å²) < 4.78 is 8.19. The van der Waals surface area contributed by atoms with Gasteiger partial charge < -0.3 is 14.2 Å². The summed E-state index contributed by atoms with van der Waals surface area (Å²) in [6.07, 6.45) is 8.12. The van der Waals surface area contributed by atoms with Crippen molar-refractivity contribution in [1.82, 2.24) is 14.5 Å². The summed E-state index contributed by atoms with van der Waals surface area (Å²) >= 11 is 0. The number of aromatic nitrogens is 3. The molecule has 0 unspecified atom stereocenters. The quantitative estimate of drug-likeness (QED) is 0.395. The van der Waals surface area contributed by atoms with Crippen molar-refractivity contribution in [3.63, 3.8) is 0 Å². The molecule has 34 heavy (non-hydrogen) atoms. The largest absolute Gasteiger partial charge is 0.424 e. The van der Waals surface area contributed by atoms with Crippen LogP contribution >= 0.6 is 0 Å². The summed E-state index contributed by atoms with van der Waals surface area (Å²) in [5.74, 6) is 0.805. The Bertz CT molecular complexity index is 1420. The molecule has 7 nitrogen and oxygen atoms in total. The van der Waals surface area contributed by atoms with Gasteiger partial charge in [-0.1, -0.05) is 12.1 Å². The summed E-state index contributed by atoms with van der Waals surface area (Å²) in [6.45, 7) is 0.762. The Labute approximate surface area is 197 Å². The zero-order valence-electron chi connectivity index (χ0n) is 18.6. The van der Waals surface area contributed by atoms with Gasteiger partial charge in [0.2, 0.25) is 5.91 Å². The Kier molecular flexibility index (Phi) is 4.99. The summed E-state index contributed by atoms with van der Waals surface area (Å²) in [5.41, 5.74) is 4.45. The van der Waals surface area contributed by atoms with E-state index in [4.69, 9.17) is 4.74 Å². The van der Waals surface area contributed by atoms with Crippen LogP contribution in [0.3, 0.4) is 0 Å². The number of fused-ring (bicyclic) bond motifs is 1. The number of rotatable bonds is 5. The van der Waals surface area contributed by atoms with E-state index in [2.05, 4.69) is 20.6 Å². The maximum atomic E-state index is 12.2. The molecule has 6 rings (SSSR count). The maximum absolute atomic E-state index is 12.2. The molecular weight excluding hydrogens is 426 g/mol. The molecule has 0 radical (unpaired) electrons. The van der Waals surface area contributed by atoms with Crippen molar-refractivity contribution in [1.29, 1.82) is 5.26 Å². The van der Waals surface area contributed by atoms with Crippen molar-refractivity contribution in [2.75, 3.05) is 11.4 Å². The Balaban J connectivity index is 1.46. The summed E-state index contributed by atoms with van der Waals surface area (Å²) in [5, 5.41) is 11.1. The number of nitrogens with zero attached hydrogens (tertiary/aromatic N) is 5. The van der Waals surface area contributed by atoms with Crippen LogP contribution in [0, 0.1) is 11.3 Å². The van der Waals surface area contributed by atoms with Gasteiger partial charge in [-0.05, 0) is 61.6 Å². The van der Waals surface area contributed by atoms with Crippen LogP contribution in [0.25, 0.3) is 22.2 Å². The smallest absolute Gasteiger partial charge is 0.321 e. The number of nitriles is 1. The minimum Gasteiger partial charge on any atom is -0.424 e. The molecule has 0 atom stereocenters. The zero-order chi connectivity index (χ0) is 23.1. The van der Waals surface area contributed by atoms with Crippen LogP contribution in [0.2, 0.25) is 0 Å². The van der Waals surface area contributed by atoms with Gasteiger partial charge in [-0.3, -0.25) is 4.79 Å². The highest BCUT2D eigenvalue weighted by Crippen LogP contribution is 2.43. The Morgan fingerprint density at radius 2 is 1.82 bits per heavy atom. The van der Waals surface area contributed by atoms with Gasteiger partial charge in [-0.2, -0.15) is 5.26 Å². The first-order valence-electron chi connectivity index (χ1n) is 11.7. The molecule has 1 aliphatic carbocycles. The Hall–Kier alpha value is -4.18. The lowest BCUT2D eigenvalue weighted by molar-refractivity contribution is -0.117. The standard InChI is InChI=1S/C27H23N5O2/c28-17-23-22-12-11-21(34-27-29-13-3-14-30-27)16-24(22)32(20-4-1-5-20)26(23)18-7-9-19(10-8-18)31-15-2-6-25(31)33/h3,7-14,16,20H,1-2,4-6,15H2. The minimum atomic E-state index is 0.170. The fourth-order valence-electron chi connectivity index (χ4n) is 4.94. The fraction of sp³-hybridized carbons (Fsp3) is 0.259. The third kappa shape index (κ3) is 3.39. The van der Waals surface area contributed by atoms with Crippen molar-refractivity contribution >= 4 is 22.5 Å². The van der Waals surface area contributed by atoms with Crippen molar-refractivity contribution in [3.8, 4) is 29.1 Å².